The van der Waals surface area contributed by atoms with Gasteiger partial charge in [-0.15, -0.1) is 0 Å². The second-order valence-corrected chi connectivity index (χ2v) is 1.42. The highest BCUT2D eigenvalue weighted by molar-refractivity contribution is 5.29. The number of H-pyrrole nitrogens is 2. The summed E-state index contributed by atoms with van der Waals surface area (Å²) in [6.07, 6.45) is 1.29. The Balaban J connectivity index is 0.000000292. The van der Waals surface area contributed by atoms with Crippen molar-refractivity contribution in [3.05, 3.63) is 33.1 Å². The highest BCUT2D eigenvalue weighted by Gasteiger charge is 1.77. The normalized spacial score (nSPS) is 7.27. The number of rotatable bonds is 0. The third kappa shape index (κ3) is 4.56. The molecule has 1 aromatic heterocycles. The first-order chi connectivity index (χ1) is 5.20. The SMILES string of the molecule is N=C=N.O=c1cc[nH]c(=O)[nH]1. The molecule has 1 aromatic rings. The molecule has 0 aromatic carbocycles. The van der Waals surface area contributed by atoms with Gasteiger partial charge in [-0.3, -0.25) is 9.78 Å². The Labute approximate surface area is 60.9 Å². The van der Waals surface area contributed by atoms with E-state index < -0.39 is 5.69 Å². The van der Waals surface area contributed by atoms with E-state index in [1.165, 1.54) is 18.3 Å². The fourth-order valence-electron chi connectivity index (χ4n) is 0.383. The summed E-state index contributed by atoms with van der Waals surface area (Å²) in [5, 5.41) is 11.2. The van der Waals surface area contributed by atoms with Crippen LogP contribution in [-0.2, 0) is 0 Å². The molecule has 0 fully saturated rings. The summed E-state index contributed by atoms with van der Waals surface area (Å²) in [6.45, 7) is 0. The summed E-state index contributed by atoms with van der Waals surface area (Å²) < 4.78 is 0. The Hall–Kier alpha value is -1.94. The van der Waals surface area contributed by atoms with Crippen LogP contribution in [0.15, 0.2) is 21.9 Å². The first-order valence-electron chi connectivity index (χ1n) is 2.57. The summed E-state index contributed by atoms with van der Waals surface area (Å²) in [5.74, 6) is 0. The van der Waals surface area contributed by atoms with Gasteiger partial charge in [-0.1, -0.05) is 0 Å². The minimum absolute atomic E-state index is 0.381. The van der Waals surface area contributed by atoms with Crippen molar-refractivity contribution in [2.45, 2.75) is 0 Å². The molecule has 0 unspecified atom stereocenters. The topological polar surface area (TPSA) is 113 Å². The number of hydrogen-bond acceptors (Lipinski definition) is 4. The zero-order valence-electron chi connectivity index (χ0n) is 5.47. The Bertz CT molecular complexity index is 318. The maximum absolute atomic E-state index is 10.2. The summed E-state index contributed by atoms with van der Waals surface area (Å²) in [4.78, 5) is 24.7. The van der Waals surface area contributed by atoms with Gasteiger partial charge in [-0.05, 0) is 0 Å². The third-order valence-corrected chi connectivity index (χ3v) is 0.686. The predicted molar refractivity (Wildman–Crippen MR) is 38.1 cm³/mol. The number of hydrogen-bond donors (Lipinski definition) is 4. The van der Waals surface area contributed by atoms with Gasteiger partial charge in [-0.25, -0.2) is 15.6 Å². The quantitative estimate of drug-likeness (QED) is 0.373. The summed E-state index contributed by atoms with van der Waals surface area (Å²) in [7, 11) is 0. The fraction of sp³-hybridized carbons (Fsp3) is 0. The maximum Gasteiger partial charge on any atom is 0.325 e. The molecule has 6 nitrogen and oxygen atoms in total. The molecule has 0 aliphatic carbocycles. The van der Waals surface area contributed by atoms with E-state index in [1.54, 1.807) is 0 Å². The number of nitrogens with one attached hydrogen (secondary N) is 4. The Morgan fingerprint density at radius 3 is 2.18 bits per heavy atom. The maximum atomic E-state index is 10.2. The average molecular weight is 154 g/mol. The molecule has 0 saturated heterocycles. The molecule has 1 rings (SSSR count). The molecule has 1 heterocycles. The Kier molecular flexibility index (Phi) is 4.03. The minimum atomic E-state index is -0.475. The zero-order chi connectivity index (χ0) is 8.69. The highest BCUT2D eigenvalue weighted by atomic mass is 16.2. The minimum Gasteiger partial charge on any atom is -0.314 e. The van der Waals surface area contributed by atoms with Crippen molar-refractivity contribution in [1.29, 1.82) is 10.8 Å². The van der Waals surface area contributed by atoms with Gasteiger partial charge in [0, 0.05) is 12.3 Å². The van der Waals surface area contributed by atoms with Crippen molar-refractivity contribution in [1.82, 2.24) is 9.97 Å². The van der Waals surface area contributed by atoms with Gasteiger partial charge in [0.15, 0.2) is 0 Å². The molecule has 0 radical (unpaired) electrons. The van der Waals surface area contributed by atoms with Crippen molar-refractivity contribution >= 4 is 6.01 Å². The molecule has 0 aliphatic heterocycles. The molecule has 6 heteroatoms. The Morgan fingerprint density at radius 2 is 1.91 bits per heavy atom. The lowest BCUT2D eigenvalue weighted by molar-refractivity contribution is 1.04. The molecule has 0 aliphatic rings. The van der Waals surface area contributed by atoms with E-state index in [1.807, 2.05) is 4.98 Å². The van der Waals surface area contributed by atoms with Gasteiger partial charge in [0.2, 0.25) is 0 Å². The van der Waals surface area contributed by atoms with Crippen LogP contribution < -0.4 is 11.2 Å². The van der Waals surface area contributed by atoms with Crippen molar-refractivity contribution in [3.63, 3.8) is 0 Å². The van der Waals surface area contributed by atoms with E-state index in [0.29, 0.717) is 0 Å². The lowest BCUT2D eigenvalue weighted by Crippen LogP contribution is -2.19. The predicted octanol–water partition coefficient (Wildman–Crippen LogP) is -0.619. The molecule has 11 heavy (non-hydrogen) atoms. The Morgan fingerprint density at radius 1 is 1.36 bits per heavy atom. The van der Waals surface area contributed by atoms with Crippen LogP contribution in [-0.4, -0.2) is 16.0 Å². The van der Waals surface area contributed by atoms with Crippen LogP contribution in [0.3, 0.4) is 0 Å². The van der Waals surface area contributed by atoms with E-state index in [9.17, 15) is 9.59 Å². The molecule has 0 amide bonds. The van der Waals surface area contributed by atoms with Crippen molar-refractivity contribution in [3.8, 4) is 0 Å². The summed E-state index contributed by atoms with van der Waals surface area (Å²) in [5.41, 5.74) is -0.855. The van der Waals surface area contributed by atoms with Crippen LogP contribution in [0.25, 0.3) is 0 Å². The molecule has 58 valence electrons. The van der Waals surface area contributed by atoms with E-state index in [4.69, 9.17) is 10.8 Å². The average Bonchev–Trinajstić information content (AvgIpc) is 1.88. The van der Waals surface area contributed by atoms with Crippen molar-refractivity contribution in [2.75, 3.05) is 0 Å². The molecule has 0 spiro atoms. The molecule has 4 N–H and O–H groups in total. The third-order valence-electron chi connectivity index (χ3n) is 0.686. The van der Waals surface area contributed by atoms with Gasteiger partial charge in [0.25, 0.3) is 5.56 Å². The molecule has 0 bridgehead atoms. The first-order valence-corrected chi connectivity index (χ1v) is 2.57. The second kappa shape index (κ2) is 4.89. The number of aromatic nitrogens is 2. The van der Waals surface area contributed by atoms with Crippen LogP contribution in [0, 0.1) is 10.8 Å². The standard InChI is InChI=1S/C4H4N2O2.CH2N2/c7-3-1-2-5-4(8)6-3;2-1-3/h1-2H,(H2,5,6,7,8);2-3H. The largest absolute Gasteiger partial charge is 0.325 e. The van der Waals surface area contributed by atoms with E-state index in [2.05, 4.69) is 4.98 Å². The van der Waals surface area contributed by atoms with E-state index in [-0.39, 0.29) is 5.56 Å². The lowest BCUT2D eigenvalue weighted by Gasteiger charge is -1.75. The molecule has 0 atom stereocenters. The lowest BCUT2D eigenvalue weighted by atomic mass is 10.7. The van der Waals surface area contributed by atoms with Crippen LogP contribution >= 0.6 is 0 Å². The summed E-state index contributed by atoms with van der Waals surface area (Å²) >= 11 is 0. The van der Waals surface area contributed by atoms with Gasteiger partial charge in [0.1, 0.15) is 0 Å². The fourth-order valence-corrected chi connectivity index (χ4v) is 0.383. The van der Waals surface area contributed by atoms with Gasteiger partial charge >= 0.3 is 5.69 Å². The van der Waals surface area contributed by atoms with E-state index in [0.717, 1.165) is 0 Å². The molecular weight excluding hydrogens is 148 g/mol. The smallest absolute Gasteiger partial charge is 0.314 e. The van der Waals surface area contributed by atoms with Crippen LogP contribution in [0.1, 0.15) is 0 Å². The number of aromatic amines is 2. The first kappa shape index (κ1) is 9.06. The van der Waals surface area contributed by atoms with Crippen molar-refractivity contribution in [2.24, 2.45) is 0 Å². The van der Waals surface area contributed by atoms with Crippen LogP contribution in [0.4, 0.5) is 0 Å². The van der Waals surface area contributed by atoms with Crippen LogP contribution in [0.2, 0.25) is 0 Å². The van der Waals surface area contributed by atoms with Crippen molar-refractivity contribution < 1.29 is 0 Å². The van der Waals surface area contributed by atoms with Gasteiger partial charge < -0.3 is 4.98 Å². The van der Waals surface area contributed by atoms with Gasteiger partial charge in [-0.2, -0.15) is 0 Å². The molecule has 0 saturated carbocycles. The van der Waals surface area contributed by atoms with Crippen LogP contribution in [0.5, 0.6) is 0 Å². The van der Waals surface area contributed by atoms with E-state index >= 15 is 0 Å². The zero-order valence-corrected chi connectivity index (χ0v) is 5.47. The molecular formula is C5H6N4O2. The highest BCUT2D eigenvalue weighted by Crippen LogP contribution is 1.51. The second-order valence-electron chi connectivity index (χ2n) is 1.42. The monoisotopic (exact) mass is 154 g/mol. The van der Waals surface area contributed by atoms with Gasteiger partial charge in [0.05, 0.1) is 6.01 Å². The summed E-state index contributed by atoms with van der Waals surface area (Å²) in [6, 6.07) is 2.49.